The predicted molar refractivity (Wildman–Crippen MR) is 125 cm³/mol. The quantitative estimate of drug-likeness (QED) is 0.371. The van der Waals surface area contributed by atoms with Crippen molar-refractivity contribution in [3.63, 3.8) is 0 Å². The van der Waals surface area contributed by atoms with Crippen LogP contribution in [0.15, 0.2) is 48.9 Å². The van der Waals surface area contributed by atoms with Crippen LogP contribution in [0.1, 0.15) is 55.6 Å². The number of carbonyl (C=O) groups excluding carboxylic acids is 1. The Morgan fingerprint density at radius 3 is 2.56 bits per heavy atom. The number of fused-ring (bicyclic) bond motifs is 2. The summed E-state index contributed by atoms with van der Waals surface area (Å²) in [5, 5.41) is 6.43. The molecule has 7 nitrogen and oxygen atoms in total. The molecule has 1 fully saturated rings. The average Bonchev–Trinajstić information content (AvgIpc) is 3.49. The number of anilines is 1. The van der Waals surface area contributed by atoms with Crippen molar-refractivity contribution in [1.82, 2.24) is 24.7 Å². The van der Waals surface area contributed by atoms with Crippen molar-refractivity contribution in [3.8, 4) is 0 Å². The van der Waals surface area contributed by atoms with Crippen molar-refractivity contribution < 1.29 is 18.0 Å². The van der Waals surface area contributed by atoms with E-state index in [1.807, 2.05) is 19.9 Å². The Labute approximate surface area is 194 Å². The number of nitrogens with one attached hydrogen (secondary N) is 3. The zero-order chi connectivity index (χ0) is 24.3. The largest absolute Gasteiger partial charge is 0.434 e. The van der Waals surface area contributed by atoms with Crippen molar-refractivity contribution in [2.24, 2.45) is 0 Å². The van der Waals surface area contributed by atoms with Crippen LogP contribution in [0.5, 0.6) is 0 Å². The molecule has 0 saturated heterocycles. The van der Waals surface area contributed by atoms with Gasteiger partial charge in [-0.1, -0.05) is 19.9 Å². The SMILES string of the molecule is CC.O=C(NC1CCC(Nc2cccc3nc(C(F)(F)F)cn23)CC1)c1ccc2nc[nH]c2c1. The molecule has 0 atom stereocenters. The smallest absolute Gasteiger partial charge is 0.368 e. The molecule has 180 valence electrons. The number of hydrogen-bond acceptors (Lipinski definition) is 4. The number of rotatable bonds is 4. The van der Waals surface area contributed by atoms with Crippen molar-refractivity contribution in [1.29, 1.82) is 0 Å². The second-order valence-electron chi connectivity index (χ2n) is 8.06. The second kappa shape index (κ2) is 9.74. The fraction of sp³-hybridized carbons (Fsp3) is 0.375. The summed E-state index contributed by atoms with van der Waals surface area (Å²) < 4.78 is 40.5. The van der Waals surface area contributed by atoms with E-state index in [9.17, 15) is 18.0 Å². The summed E-state index contributed by atoms with van der Waals surface area (Å²) in [5.74, 6) is 0.451. The van der Waals surface area contributed by atoms with Gasteiger partial charge in [0, 0.05) is 23.8 Å². The van der Waals surface area contributed by atoms with Crippen LogP contribution < -0.4 is 10.6 Å². The van der Waals surface area contributed by atoms with Gasteiger partial charge in [-0.15, -0.1) is 0 Å². The number of H-pyrrole nitrogens is 1. The molecule has 0 spiro atoms. The fourth-order valence-electron chi connectivity index (χ4n) is 4.20. The highest BCUT2D eigenvalue weighted by molar-refractivity contribution is 5.97. The third-order valence-corrected chi connectivity index (χ3v) is 5.88. The molecule has 1 aliphatic carbocycles. The number of halogens is 3. The van der Waals surface area contributed by atoms with Gasteiger partial charge in [-0.3, -0.25) is 9.20 Å². The van der Waals surface area contributed by atoms with Gasteiger partial charge in [-0.05, 0) is 56.0 Å². The lowest BCUT2D eigenvalue weighted by molar-refractivity contribution is -0.140. The minimum Gasteiger partial charge on any atom is -0.368 e. The third kappa shape index (κ3) is 5.00. The predicted octanol–water partition coefficient (Wildman–Crippen LogP) is 5.41. The molecule has 3 heterocycles. The number of amides is 1. The van der Waals surface area contributed by atoms with Gasteiger partial charge < -0.3 is 15.6 Å². The summed E-state index contributed by atoms with van der Waals surface area (Å²) >= 11 is 0. The zero-order valence-corrected chi connectivity index (χ0v) is 19.0. The van der Waals surface area contributed by atoms with Crippen LogP contribution in [0.3, 0.4) is 0 Å². The topological polar surface area (TPSA) is 87.1 Å². The molecule has 1 aromatic carbocycles. The van der Waals surface area contributed by atoms with Gasteiger partial charge in [0.05, 0.1) is 17.4 Å². The zero-order valence-electron chi connectivity index (χ0n) is 19.0. The van der Waals surface area contributed by atoms with E-state index in [0.29, 0.717) is 11.4 Å². The van der Waals surface area contributed by atoms with Gasteiger partial charge in [-0.25, -0.2) is 9.97 Å². The lowest BCUT2D eigenvalue weighted by Crippen LogP contribution is -2.40. The van der Waals surface area contributed by atoms with Crippen LogP contribution in [0.25, 0.3) is 16.7 Å². The lowest BCUT2D eigenvalue weighted by Gasteiger charge is -2.30. The van der Waals surface area contributed by atoms with Gasteiger partial charge in [-0.2, -0.15) is 13.2 Å². The summed E-state index contributed by atoms with van der Waals surface area (Å²) in [4.78, 5) is 23.4. The van der Waals surface area contributed by atoms with Crippen molar-refractivity contribution in [3.05, 3.63) is 60.2 Å². The molecular formula is C24H27F3N6O. The first-order chi connectivity index (χ1) is 16.4. The normalized spacial score (nSPS) is 18.4. The van der Waals surface area contributed by atoms with E-state index in [-0.39, 0.29) is 23.6 Å². The molecular weight excluding hydrogens is 445 g/mol. The number of aromatic nitrogens is 4. The maximum atomic E-state index is 13.0. The number of aromatic amines is 1. The molecule has 0 bridgehead atoms. The summed E-state index contributed by atoms with van der Waals surface area (Å²) in [5.41, 5.74) is 1.54. The number of alkyl halides is 3. The molecule has 4 aromatic rings. The van der Waals surface area contributed by atoms with E-state index in [2.05, 4.69) is 25.6 Å². The molecule has 10 heteroatoms. The molecule has 1 saturated carbocycles. The van der Waals surface area contributed by atoms with Crippen LogP contribution in [-0.4, -0.2) is 37.3 Å². The molecule has 1 aliphatic rings. The van der Waals surface area contributed by atoms with E-state index in [1.54, 1.807) is 36.7 Å². The van der Waals surface area contributed by atoms with Crippen LogP contribution in [-0.2, 0) is 6.18 Å². The summed E-state index contributed by atoms with van der Waals surface area (Å²) in [7, 11) is 0. The van der Waals surface area contributed by atoms with Crippen molar-refractivity contribution >= 4 is 28.4 Å². The first kappa shape index (κ1) is 23.6. The average molecular weight is 473 g/mol. The number of nitrogens with zero attached hydrogens (tertiary/aromatic N) is 3. The number of carbonyl (C=O) groups is 1. The number of imidazole rings is 2. The molecule has 1 amide bonds. The van der Waals surface area contributed by atoms with Crippen LogP contribution in [0.2, 0.25) is 0 Å². The highest BCUT2D eigenvalue weighted by atomic mass is 19.4. The summed E-state index contributed by atoms with van der Waals surface area (Å²) in [6.45, 7) is 4.00. The summed E-state index contributed by atoms with van der Waals surface area (Å²) in [6.07, 6.45) is 1.27. The second-order valence-corrected chi connectivity index (χ2v) is 8.06. The maximum absolute atomic E-state index is 13.0. The standard InChI is InChI=1S/C22H21F3N6O.C2H6/c23-22(24,25)18-11-31-19(2-1-3-20(31)30-18)28-14-5-7-15(8-6-14)29-21(32)13-4-9-16-17(10-13)27-12-26-16;1-2/h1-4,9-12,14-15,28H,5-8H2,(H,26,27)(H,29,32);1-2H3. The Kier molecular flexibility index (Phi) is 6.76. The van der Waals surface area contributed by atoms with E-state index in [0.717, 1.165) is 42.9 Å². The number of pyridine rings is 1. The van der Waals surface area contributed by atoms with E-state index < -0.39 is 11.9 Å². The molecule has 0 unspecified atom stereocenters. The Bertz CT molecular complexity index is 1270. The Hall–Kier alpha value is -3.56. The van der Waals surface area contributed by atoms with Crippen molar-refractivity contribution in [2.75, 3.05) is 5.32 Å². The lowest BCUT2D eigenvalue weighted by atomic mass is 9.91. The van der Waals surface area contributed by atoms with Crippen LogP contribution >= 0.6 is 0 Å². The third-order valence-electron chi connectivity index (χ3n) is 5.88. The minimum absolute atomic E-state index is 0.0545. The number of hydrogen-bond donors (Lipinski definition) is 3. The monoisotopic (exact) mass is 472 g/mol. The highest BCUT2D eigenvalue weighted by Gasteiger charge is 2.34. The molecule has 0 radical (unpaired) electrons. The molecule has 0 aliphatic heterocycles. The number of benzene rings is 1. The van der Waals surface area contributed by atoms with Gasteiger partial charge in [0.15, 0.2) is 5.69 Å². The molecule has 3 aromatic heterocycles. The molecule has 3 N–H and O–H groups in total. The molecule has 5 rings (SSSR count). The van der Waals surface area contributed by atoms with Gasteiger partial charge in [0.2, 0.25) is 0 Å². The maximum Gasteiger partial charge on any atom is 0.434 e. The summed E-state index contributed by atoms with van der Waals surface area (Å²) in [6, 6.07) is 10.5. The first-order valence-electron chi connectivity index (χ1n) is 11.4. The first-order valence-corrected chi connectivity index (χ1v) is 11.4. The Morgan fingerprint density at radius 1 is 1.09 bits per heavy atom. The minimum atomic E-state index is -4.48. The Balaban J connectivity index is 0.00000133. The van der Waals surface area contributed by atoms with Crippen LogP contribution in [0, 0.1) is 0 Å². The van der Waals surface area contributed by atoms with Gasteiger partial charge in [0.25, 0.3) is 5.91 Å². The highest BCUT2D eigenvalue weighted by Crippen LogP contribution is 2.30. The van der Waals surface area contributed by atoms with Gasteiger partial charge >= 0.3 is 6.18 Å². The van der Waals surface area contributed by atoms with Crippen LogP contribution in [0.4, 0.5) is 19.0 Å². The molecule has 34 heavy (non-hydrogen) atoms. The Morgan fingerprint density at radius 2 is 1.82 bits per heavy atom. The fourth-order valence-corrected chi connectivity index (χ4v) is 4.20. The van der Waals surface area contributed by atoms with E-state index in [1.165, 1.54) is 4.40 Å². The van der Waals surface area contributed by atoms with E-state index >= 15 is 0 Å². The van der Waals surface area contributed by atoms with E-state index in [4.69, 9.17) is 0 Å². The van der Waals surface area contributed by atoms with Crippen molar-refractivity contribution in [2.45, 2.75) is 57.8 Å². The van der Waals surface area contributed by atoms with Gasteiger partial charge in [0.1, 0.15) is 11.5 Å².